The Morgan fingerprint density at radius 2 is 1.78 bits per heavy atom. The maximum absolute atomic E-state index is 13.2. The van der Waals surface area contributed by atoms with Crippen LogP contribution in [0.1, 0.15) is 11.1 Å². The van der Waals surface area contributed by atoms with E-state index in [2.05, 4.69) is 20.8 Å². The quantitative estimate of drug-likeness (QED) is 0.779. The molecule has 1 heterocycles. The van der Waals surface area contributed by atoms with Gasteiger partial charge in [0, 0.05) is 18.1 Å². The van der Waals surface area contributed by atoms with Crippen molar-refractivity contribution >= 4 is 37.3 Å². The number of para-hydroxylation sites is 1. The van der Waals surface area contributed by atoms with Crippen LogP contribution in [0, 0.1) is 13.8 Å². The highest BCUT2D eigenvalue weighted by atomic mass is 79.9. The molecule has 0 amide bonds. The molecule has 0 saturated carbocycles. The fraction of sp³-hybridized carbons (Fsp3) is 0.294. The Bertz CT molecular complexity index is 865. The lowest BCUT2D eigenvalue weighted by molar-refractivity contribution is 0.588. The number of rotatable bonds is 2. The zero-order chi connectivity index (χ0) is 16.8. The van der Waals surface area contributed by atoms with Crippen molar-refractivity contribution in [1.82, 2.24) is 0 Å². The van der Waals surface area contributed by atoms with Crippen molar-refractivity contribution in [2.45, 2.75) is 18.7 Å². The molecule has 0 spiro atoms. The van der Waals surface area contributed by atoms with E-state index in [1.54, 1.807) is 16.4 Å². The van der Waals surface area contributed by atoms with Gasteiger partial charge in [0.05, 0.1) is 22.8 Å². The van der Waals surface area contributed by atoms with Crippen LogP contribution in [-0.2, 0) is 10.0 Å². The largest absolute Gasteiger partial charge is 0.371 e. The highest BCUT2D eigenvalue weighted by molar-refractivity contribution is 9.10. The molecule has 0 atom stereocenters. The number of halogens is 1. The van der Waals surface area contributed by atoms with Crippen LogP contribution in [0.2, 0.25) is 0 Å². The first-order valence-electron chi connectivity index (χ1n) is 7.42. The van der Waals surface area contributed by atoms with Gasteiger partial charge in [-0.25, -0.2) is 8.42 Å². The van der Waals surface area contributed by atoms with Crippen LogP contribution in [0.15, 0.2) is 45.8 Å². The minimum Gasteiger partial charge on any atom is -0.371 e. The van der Waals surface area contributed by atoms with Gasteiger partial charge in [-0.1, -0.05) is 28.1 Å². The molecule has 3 rings (SSSR count). The third kappa shape index (κ3) is 2.74. The van der Waals surface area contributed by atoms with E-state index >= 15 is 0 Å². The van der Waals surface area contributed by atoms with E-state index in [1.807, 2.05) is 45.2 Å². The van der Waals surface area contributed by atoms with Gasteiger partial charge in [0.1, 0.15) is 0 Å². The average molecular weight is 395 g/mol. The lowest BCUT2D eigenvalue weighted by Crippen LogP contribution is -2.43. The molecule has 6 heteroatoms. The van der Waals surface area contributed by atoms with Gasteiger partial charge < -0.3 is 4.90 Å². The molecule has 4 nitrogen and oxygen atoms in total. The van der Waals surface area contributed by atoms with E-state index in [4.69, 9.17) is 0 Å². The van der Waals surface area contributed by atoms with E-state index in [9.17, 15) is 8.42 Å². The lowest BCUT2D eigenvalue weighted by atomic mass is 10.1. The molecule has 1 aliphatic heterocycles. The Hall–Kier alpha value is -1.53. The van der Waals surface area contributed by atoms with Gasteiger partial charge in [-0.2, -0.15) is 0 Å². The van der Waals surface area contributed by atoms with Crippen LogP contribution in [0.25, 0.3) is 0 Å². The Labute approximate surface area is 145 Å². The molecule has 122 valence electrons. The second-order valence-electron chi connectivity index (χ2n) is 5.85. The monoisotopic (exact) mass is 394 g/mol. The fourth-order valence-electron chi connectivity index (χ4n) is 3.01. The second-order valence-corrected chi connectivity index (χ2v) is 8.60. The first-order valence-corrected chi connectivity index (χ1v) is 9.65. The standard InChI is InChI=1S/C17H19BrN2O2S/c1-12-5-4-6-15-17(12)20(10-9-19(15)3)23(21,22)16-8-7-14(18)11-13(16)2/h4-8,11H,9-10H2,1-3H3. The van der Waals surface area contributed by atoms with Crippen molar-refractivity contribution in [3.05, 3.63) is 52.0 Å². The van der Waals surface area contributed by atoms with Gasteiger partial charge in [0.25, 0.3) is 10.0 Å². The fourth-order valence-corrected chi connectivity index (χ4v) is 5.23. The maximum Gasteiger partial charge on any atom is 0.264 e. The molecular weight excluding hydrogens is 376 g/mol. The molecular formula is C17H19BrN2O2S. The summed E-state index contributed by atoms with van der Waals surface area (Å²) in [5.74, 6) is 0. The molecule has 0 aromatic heterocycles. The van der Waals surface area contributed by atoms with Gasteiger partial charge in [0.2, 0.25) is 0 Å². The highest BCUT2D eigenvalue weighted by Gasteiger charge is 2.32. The zero-order valence-corrected chi connectivity index (χ0v) is 15.8. The van der Waals surface area contributed by atoms with Crippen molar-refractivity contribution < 1.29 is 8.42 Å². The number of hydrogen-bond acceptors (Lipinski definition) is 3. The van der Waals surface area contributed by atoms with Gasteiger partial charge in [-0.05, 0) is 49.2 Å². The number of aryl methyl sites for hydroxylation is 2. The predicted molar refractivity (Wildman–Crippen MR) is 97.9 cm³/mol. The lowest BCUT2D eigenvalue weighted by Gasteiger charge is -2.37. The number of sulfonamides is 1. The summed E-state index contributed by atoms with van der Waals surface area (Å²) in [7, 11) is -1.59. The van der Waals surface area contributed by atoms with Gasteiger partial charge >= 0.3 is 0 Å². The summed E-state index contributed by atoms with van der Waals surface area (Å²) < 4.78 is 28.9. The van der Waals surface area contributed by atoms with Gasteiger partial charge in [-0.3, -0.25) is 4.31 Å². The molecule has 0 saturated heterocycles. The van der Waals surface area contributed by atoms with Crippen LogP contribution in [0.5, 0.6) is 0 Å². The summed E-state index contributed by atoms with van der Waals surface area (Å²) in [6.45, 7) is 4.90. The molecule has 2 aromatic rings. The molecule has 0 bridgehead atoms. The number of benzene rings is 2. The maximum atomic E-state index is 13.2. The summed E-state index contributed by atoms with van der Waals surface area (Å²) in [5.41, 5.74) is 3.44. The Balaban J connectivity index is 2.18. The number of nitrogens with zero attached hydrogens (tertiary/aromatic N) is 2. The minimum atomic E-state index is -3.58. The molecule has 0 aliphatic carbocycles. The van der Waals surface area contributed by atoms with E-state index < -0.39 is 10.0 Å². The van der Waals surface area contributed by atoms with Crippen LogP contribution in [-0.4, -0.2) is 28.6 Å². The van der Waals surface area contributed by atoms with E-state index in [0.717, 1.165) is 27.0 Å². The second kappa shape index (κ2) is 5.83. The molecule has 2 aromatic carbocycles. The molecule has 0 radical (unpaired) electrons. The third-order valence-electron chi connectivity index (χ3n) is 4.22. The molecule has 0 fully saturated rings. The van der Waals surface area contributed by atoms with Crippen molar-refractivity contribution in [1.29, 1.82) is 0 Å². The summed E-state index contributed by atoms with van der Waals surface area (Å²) in [5, 5.41) is 0. The Morgan fingerprint density at radius 3 is 2.48 bits per heavy atom. The number of likely N-dealkylation sites (N-methyl/N-ethyl adjacent to an activating group) is 1. The highest BCUT2D eigenvalue weighted by Crippen LogP contribution is 2.38. The van der Waals surface area contributed by atoms with Crippen LogP contribution >= 0.6 is 15.9 Å². The summed E-state index contributed by atoms with van der Waals surface area (Å²) in [6, 6.07) is 11.2. The van der Waals surface area contributed by atoms with Crippen molar-refractivity contribution in [2.75, 3.05) is 29.3 Å². The SMILES string of the molecule is Cc1cc(Br)ccc1S(=O)(=O)N1CCN(C)c2cccc(C)c21. The first kappa shape index (κ1) is 16.3. The molecule has 0 N–H and O–H groups in total. The first-order chi connectivity index (χ1) is 10.8. The van der Waals surface area contributed by atoms with Crippen LogP contribution < -0.4 is 9.21 Å². The number of hydrogen-bond donors (Lipinski definition) is 0. The molecule has 23 heavy (non-hydrogen) atoms. The van der Waals surface area contributed by atoms with E-state index in [-0.39, 0.29) is 0 Å². The zero-order valence-electron chi connectivity index (χ0n) is 13.4. The predicted octanol–water partition coefficient (Wildman–Crippen LogP) is 3.71. The number of anilines is 2. The minimum absolute atomic E-state index is 0.361. The summed E-state index contributed by atoms with van der Waals surface area (Å²) in [6.07, 6.45) is 0. The topological polar surface area (TPSA) is 40.6 Å². The van der Waals surface area contributed by atoms with E-state index in [1.165, 1.54) is 0 Å². The van der Waals surface area contributed by atoms with E-state index in [0.29, 0.717) is 18.0 Å². The van der Waals surface area contributed by atoms with Crippen LogP contribution in [0.4, 0.5) is 11.4 Å². The van der Waals surface area contributed by atoms with Crippen LogP contribution in [0.3, 0.4) is 0 Å². The van der Waals surface area contributed by atoms with Crippen molar-refractivity contribution in [2.24, 2.45) is 0 Å². The van der Waals surface area contributed by atoms with Gasteiger partial charge in [-0.15, -0.1) is 0 Å². The van der Waals surface area contributed by atoms with Crippen molar-refractivity contribution in [3.63, 3.8) is 0 Å². The smallest absolute Gasteiger partial charge is 0.264 e. The van der Waals surface area contributed by atoms with Crippen molar-refractivity contribution in [3.8, 4) is 0 Å². The summed E-state index contributed by atoms with van der Waals surface area (Å²) >= 11 is 3.39. The normalized spacial score (nSPS) is 14.8. The average Bonchev–Trinajstić information content (AvgIpc) is 2.48. The summed E-state index contributed by atoms with van der Waals surface area (Å²) in [4.78, 5) is 2.46. The number of fused-ring (bicyclic) bond motifs is 1. The Kier molecular flexibility index (Phi) is 4.14. The third-order valence-corrected chi connectivity index (χ3v) is 6.67. The molecule has 1 aliphatic rings. The molecule has 0 unspecified atom stereocenters. The van der Waals surface area contributed by atoms with Gasteiger partial charge in [0.15, 0.2) is 0 Å². The Morgan fingerprint density at radius 1 is 1.04 bits per heavy atom.